The maximum atomic E-state index is 2.49. The van der Waals surface area contributed by atoms with E-state index in [1.807, 2.05) is 11.3 Å². The predicted molar refractivity (Wildman–Crippen MR) is 218 cm³/mol. The monoisotopic (exact) mass is 664 g/mol. The lowest BCUT2D eigenvalue weighted by atomic mass is 9.91. The highest BCUT2D eigenvalue weighted by molar-refractivity contribution is 7.26. The molecule has 8 aromatic carbocycles. The first-order valence-electron chi connectivity index (χ1n) is 17.5. The number of thiophene rings is 1. The number of rotatable bonds is 2. The minimum Gasteiger partial charge on any atom is -0.308 e. The second kappa shape index (κ2) is 10.1. The molecule has 12 rings (SSSR count). The molecule has 1 aliphatic heterocycles. The highest BCUT2D eigenvalue weighted by Gasteiger charge is 2.25. The number of hydrogen-bond acceptors (Lipinski definition) is 1. The minimum atomic E-state index is 1.22. The number of hydrogen-bond donors (Lipinski definition) is 0. The summed E-state index contributed by atoms with van der Waals surface area (Å²) in [5.74, 6) is 0. The fourth-order valence-electron chi connectivity index (χ4n) is 8.89. The van der Waals surface area contributed by atoms with Crippen LogP contribution in [0.15, 0.2) is 170 Å². The largest absolute Gasteiger partial charge is 0.308 e. The van der Waals surface area contributed by atoms with Crippen LogP contribution < -0.4 is 0 Å². The van der Waals surface area contributed by atoms with Gasteiger partial charge in [-0.1, -0.05) is 115 Å². The fraction of sp³-hybridized carbons (Fsp3) is 0. The van der Waals surface area contributed by atoms with E-state index in [9.17, 15) is 0 Å². The Bertz CT molecular complexity index is 3260. The molecular formula is C48H28N2S. The van der Waals surface area contributed by atoms with Crippen molar-refractivity contribution < 1.29 is 0 Å². The Morgan fingerprint density at radius 3 is 1.76 bits per heavy atom. The van der Waals surface area contributed by atoms with E-state index in [1.54, 1.807) is 0 Å². The van der Waals surface area contributed by atoms with E-state index in [2.05, 4.69) is 179 Å². The van der Waals surface area contributed by atoms with Crippen LogP contribution in [0.3, 0.4) is 0 Å². The predicted octanol–water partition coefficient (Wildman–Crippen LogP) is 13.6. The van der Waals surface area contributed by atoms with Crippen molar-refractivity contribution in [2.24, 2.45) is 0 Å². The molecule has 3 aromatic heterocycles. The van der Waals surface area contributed by atoms with Crippen LogP contribution in [0, 0.1) is 0 Å². The fourth-order valence-corrected chi connectivity index (χ4v) is 10.1. The van der Waals surface area contributed by atoms with Gasteiger partial charge in [-0.3, -0.25) is 0 Å². The summed E-state index contributed by atoms with van der Waals surface area (Å²) in [6.45, 7) is 0. The molecule has 0 saturated heterocycles. The van der Waals surface area contributed by atoms with E-state index in [1.165, 1.54) is 109 Å². The Balaban J connectivity index is 1.15. The van der Waals surface area contributed by atoms with E-state index >= 15 is 0 Å². The zero-order valence-corrected chi connectivity index (χ0v) is 28.3. The summed E-state index contributed by atoms with van der Waals surface area (Å²) in [4.78, 5) is 0. The van der Waals surface area contributed by atoms with Gasteiger partial charge in [-0.25, -0.2) is 0 Å². The third-order valence-corrected chi connectivity index (χ3v) is 12.3. The third-order valence-electron chi connectivity index (χ3n) is 11.1. The van der Waals surface area contributed by atoms with Crippen molar-refractivity contribution in [3.05, 3.63) is 170 Å². The van der Waals surface area contributed by atoms with Crippen LogP contribution in [-0.2, 0) is 0 Å². The van der Waals surface area contributed by atoms with Crippen molar-refractivity contribution >= 4 is 75.1 Å². The van der Waals surface area contributed by atoms with Gasteiger partial charge in [0, 0.05) is 48.1 Å². The molecule has 0 N–H and O–H groups in total. The quantitative estimate of drug-likeness (QED) is 0.174. The van der Waals surface area contributed by atoms with Gasteiger partial charge in [-0.05, 0) is 76.9 Å². The molecule has 0 fully saturated rings. The Morgan fingerprint density at radius 1 is 0.333 bits per heavy atom. The Morgan fingerprint density at radius 2 is 0.922 bits per heavy atom. The molecule has 236 valence electrons. The van der Waals surface area contributed by atoms with Gasteiger partial charge in [0.1, 0.15) is 0 Å². The smallest absolute Gasteiger partial charge is 0.0640 e. The Kier molecular flexibility index (Phi) is 5.41. The first-order chi connectivity index (χ1) is 25.3. The van der Waals surface area contributed by atoms with E-state index < -0.39 is 0 Å². The van der Waals surface area contributed by atoms with E-state index in [0.717, 1.165) is 0 Å². The molecule has 4 heterocycles. The summed E-state index contributed by atoms with van der Waals surface area (Å²) in [5.41, 5.74) is 14.9. The van der Waals surface area contributed by atoms with Crippen molar-refractivity contribution in [3.63, 3.8) is 0 Å². The lowest BCUT2D eigenvalue weighted by molar-refractivity contribution is 1.19. The van der Waals surface area contributed by atoms with E-state index in [0.29, 0.717) is 0 Å². The van der Waals surface area contributed by atoms with Crippen molar-refractivity contribution in [1.82, 2.24) is 9.13 Å². The van der Waals surface area contributed by atoms with Gasteiger partial charge in [0.2, 0.25) is 0 Å². The van der Waals surface area contributed by atoms with Crippen molar-refractivity contribution in [1.29, 1.82) is 0 Å². The molecule has 1 aliphatic rings. The van der Waals surface area contributed by atoms with Crippen LogP contribution in [0.5, 0.6) is 0 Å². The van der Waals surface area contributed by atoms with Gasteiger partial charge in [-0.15, -0.1) is 11.3 Å². The lowest BCUT2D eigenvalue weighted by Gasteiger charge is -2.12. The number of benzene rings is 8. The van der Waals surface area contributed by atoms with Crippen LogP contribution >= 0.6 is 11.3 Å². The maximum absolute atomic E-state index is 2.49. The highest BCUT2D eigenvalue weighted by Crippen LogP contribution is 2.49. The number of nitrogens with zero attached hydrogens (tertiary/aromatic N) is 2. The molecule has 51 heavy (non-hydrogen) atoms. The standard InChI is InChI=1S/C48H28N2S/c1-2-13-32-31(12-1)33-14-3-8-20-42(33)50-43-21-9-5-16-35(43)40-28-30(27-39(32)47(40)50)29-24-25-44-38(26-29)34-15-4-7-19-41(34)49(44)45-22-11-18-37-36-17-6-10-23-46(36)51-48(37)45/h1-28H. The average Bonchev–Trinajstić information content (AvgIpc) is 3.82. The second-order valence-corrected chi connectivity index (χ2v) is 14.7. The zero-order chi connectivity index (χ0) is 33.2. The van der Waals surface area contributed by atoms with Gasteiger partial charge < -0.3 is 9.13 Å². The highest BCUT2D eigenvalue weighted by atomic mass is 32.1. The molecule has 2 nitrogen and oxygen atoms in total. The molecule has 0 radical (unpaired) electrons. The summed E-state index contributed by atoms with van der Waals surface area (Å²) in [6.07, 6.45) is 0. The normalized spacial score (nSPS) is 12.3. The molecule has 3 heteroatoms. The molecule has 0 atom stereocenters. The summed E-state index contributed by atoms with van der Waals surface area (Å²) in [6, 6.07) is 63.0. The SMILES string of the molecule is c1ccc2c(c1)-c1ccccc1-n1c3ccccc3c3cc(-c4ccc5c(c4)c4ccccc4n5-c4cccc5c4sc4ccccc45)cc-2c31. The minimum absolute atomic E-state index is 1.22. The first kappa shape index (κ1) is 27.4. The van der Waals surface area contributed by atoms with Crippen molar-refractivity contribution in [2.45, 2.75) is 0 Å². The third kappa shape index (κ3) is 3.65. The van der Waals surface area contributed by atoms with Gasteiger partial charge in [0.05, 0.1) is 38.1 Å². The van der Waals surface area contributed by atoms with Gasteiger partial charge >= 0.3 is 0 Å². The van der Waals surface area contributed by atoms with Gasteiger partial charge in [-0.2, -0.15) is 0 Å². The molecule has 11 aromatic rings. The molecule has 0 aliphatic carbocycles. The zero-order valence-electron chi connectivity index (χ0n) is 27.5. The second-order valence-electron chi connectivity index (χ2n) is 13.7. The molecule has 0 saturated carbocycles. The Labute approximate surface area is 297 Å². The van der Waals surface area contributed by atoms with Crippen LogP contribution in [0.2, 0.25) is 0 Å². The van der Waals surface area contributed by atoms with E-state index in [-0.39, 0.29) is 0 Å². The topological polar surface area (TPSA) is 9.86 Å². The molecular weight excluding hydrogens is 637 g/mol. The first-order valence-corrected chi connectivity index (χ1v) is 18.3. The lowest BCUT2D eigenvalue weighted by Crippen LogP contribution is -1.95. The summed E-state index contributed by atoms with van der Waals surface area (Å²) in [5, 5.41) is 7.73. The van der Waals surface area contributed by atoms with Gasteiger partial charge in [0.15, 0.2) is 0 Å². The van der Waals surface area contributed by atoms with Crippen LogP contribution in [-0.4, -0.2) is 9.13 Å². The van der Waals surface area contributed by atoms with E-state index in [4.69, 9.17) is 0 Å². The Hall–Kier alpha value is -6.42. The van der Waals surface area contributed by atoms with Crippen LogP contribution in [0.25, 0.3) is 109 Å². The molecule has 0 amide bonds. The summed E-state index contributed by atoms with van der Waals surface area (Å²) in [7, 11) is 0. The molecule has 0 unspecified atom stereocenters. The number of para-hydroxylation sites is 3. The van der Waals surface area contributed by atoms with Crippen molar-refractivity contribution in [3.8, 4) is 44.8 Å². The summed E-state index contributed by atoms with van der Waals surface area (Å²) >= 11 is 1.89. The number of aromatic nitrogens is 2. The molecule has 0 spiro atoms. The molecule has 0 bridgehead atoms. The number of fused-ring (bicyclic) bond motifs is 14. The summed E-state index contributed by atoms with van der Waals surface area (Å²) < 4.78 is 7.61. The van der Waals surface area contributed by atoms with Crippen LogP contribution in [0.4, 0.5) is 0 Å². The van der Waals surface area contributed by atoms with Crippen molar-refractivity contribution in [2.75, 3.05) is 0 Å². The maximum Gasteiger partial charge on any atom is 0.0640 e. The average molecular weight is 665 g/mol. The van der Waals surface area contributed by atoms with Crippen LogP contribution in [0.1, 0.15) is 0 Å². The van der Waals surface area contributed by atoms with Gasteiger partial charge in [0.25, 0.3) is 0 Å².